The second kappa shape index (κ2) is 10.0. The van der Waals surface area contributed by atoms with Crippen molar-refractivity contribution in [2.45, 2.75) is 44.9 Å². The number of ketones is 1. The number of carbonyl (C=O) groups excluding carboxylic acids is 2. The van der Waals surface area contributed by atoms with Crippen molar-refractivity contribution in [2.24, 2.45) is 0 Å². The predicted molar refractivity (Wildman–Crippen MR) is 98.4 cm³/mol. The summed E-state index contributed by atoms with van der Waals surface area (Å²) < 4.78 is 4.60. The van der Waals surface area contributed by atoms with E-state index in [0.717, 1.165) is 49.1 Å². The summed E-state index contributed by atoms with van der Waals surface area (Å²) >= 11 is 5.84. The van der Waals surface area contributed by atoms with Crippen LogP contribution in [0.1, 0.15) is 50.5 Å². The first-order valence-electron chi connectivity index (χ1n) is 8.62. The third-order valence-electron chi connectivity index (χ3n) is 4.07. The second-order valence-electron chi connectivity index (χ2n) is 6.08. The van der Waals surface area contributed by atoms with Crippen LogP contribution in [0.2, 0.25) is 5.02 Å². The van der Waals surface area contributed by atoms with Gasteiger partial charge in [-0.3, -0.25) is 4.79 Å². The molecule has 2 rings (SSSR count). The average Bonchev–Trinajstić information content (AvgIpc) is 2.93. The summed E-state index contributed by atoms with van der Waals surface area (Å²) in [5.74, 6) is -1.25. The van der Waals surface area contributed by atoms with Crippen molar-refractivity contribution >= 4 is 29.4 Å². The Morgan fingerprint density at radius 2 is 1.76 bits per heavy atom. The molecular formula is C20H23ClO4. The highest BCUT2D eigenvalue weighted by molar-refractivity contribution is 6.30. The predicted octanol–water partition coefficient (Wildman–Crippen LogP) is 5.02. The highest BCUT2D eigenvalue weighted by Crippen LogP contribution is 2.18. The Morgan fingerprint density at radius 3 is 2.44 bits per heavy atom. The smallest absolute Gasteiger partial charge is 0.345 e. The largest absolute Gasteiger partial charge is 0.511 e. The van der Waals surface area contributed by atoms with E-state index in [-0.39, 0.29) is 17.9 Å². The maximum absolute atomic E-state index is 11.4. The minimum atomic E-state index is -0.699. The van der Waals surface area contributed by atoms with Crippen LogP contribution in [-0.2, 0) is 14.3 Å². The van der Waals surface area contributed by atoms with E-state index in [4.69, 9.17) is 11.6 Å². The van der Waals surface area contributed by atoms with E-state index in [1.165, 1.54) is 0 Å². The molecule has 4 nitrogen and oxygen atoms in total. The van der Waals surface area contributed by atoms with Crippen LogP contribution < -0.4 is 0 Å². The number of carbonyl (C=O) groups is 2. The van der Waals surface area contributed by atoms with E-state index in [9.17, 15) is 14.7 Å². The number of hydrogen-bond donors (Lipinski definition) is 1. The number of allylic oxidation sites excluding steroid dienone is 2. The molecule has 25 heavy (non-hydrogen) atoms. The lowest BCUT2D eigenvalue weighted by Gasteiger charge is -2.02. The van der Waals surface area contributed by atoms with Crippen LogP contribution in [0, 0.1) is 0 Å². The lowest BCUT2D eigenvalue weighted by atomic mass is 10.1. The molecule has 0 saturated carbocycles. The fourth-order valence-electron chi connectivity index (χ4n) is 2.67. The Kier molecular flexibility index (Phi) is 7.74. The van der Waals surface area contributed by atoms with Crippen LogP contribution in [0.15, 0.2) is 41.7 Å². The van der Waals surface area contributed by atoms with Gasteiger partial charge in [-0.25, -0.2) is 4.79 Å². The van der Waals surface area contributed by atoms with E-state index < -0.39 is 11.8 Å². The minimum Gasteiger partial charge on any atom is -0.511 e. The Balaban J connectivity index is 1.55. The zero-order chi connectivity index (χ0) is 18.1. The Labute approximate surface area is 153 Å². The molecule has 0 amide bonds. The summed E-state index contributed by atoms with van der Waals surface area (Å²) in [5, 5.41) is 10.6. The number of benzene rings is 1. The first-order valence-corrected chi connectivity index (χ1v) is 9.00. The average molecular weight is 363 g/mol. The molecule has 1 fully saturated rings. The van der Waals surface area contributed by atoms with Gasteiger partial charge in [0, 0.05) is 11.4 Å². The van der Waals surface area contributed by atoms with Gasteiger partial charge in [-0.2, -0.15) is 0 Å². The Bertz CT molecular complexity index is 641. The van der Waals surface area contributed by atoms with Gasteiger partial charge in [-0.05, 0) is 37.0 Å². The molecule has 1 heterocycles. The van der Waals surface area contributed by atoms with Crippen molar-refractivity contribution in [3.63, 3.8) is 0 Å². The van der Waals surface area contributed by atoms with Crippen molar-refractivity contribution in [1.29, 1.82) is 0 Å². The molecule has 0 atom stereocenters. The SMILES string of the molecule is O=C1COC(=O)C1=C(O)CCCCCCC/C=C/c1ccc(Cl)cc1. The van der Waals surface area contributed by atoms with E-state index in [1.54, 1.807) is 0 Å². The highest BCUT2D eigenvalue weighted by Gasteiger charge is 2.31. The number of aliphatic hydroxyl groups excluding tert-OH is 1. The van der Waals surface area contributed by atoms with Gasteiger partial charge >= 0.3 is 5.97 Å². The number of ether oxygens (including phenoxy) is 1. The van der Waals surface area contributed by atoms with Crippen molar-refractivity contribution < 1.29 is 19.4 Å². The van der Waals surface area contributed by atoms with Crippen molar-refractivity contribution in [3.05, 3.63) is 52.3 Å². The molecule has 1 aromatic carbocycles. The minimum absolute atomic E-state index is 0.126. The summed E-state index contributed by atoms with van der Waals surface area (Å²) in [7, 11) is 0. The van der Waals surface area contributed by atoms with Crippen molar-refractivity contribution in [1.82, 2.24) is 0 Å². The first-order chi connectivity index (χ1) is 12.1. The van der Waals surface area contributed by atoms with Crippen LogP contribution in [-0.4, -0.2) is 23.5 Å². The molecule has 1 N–H and O–H groups in total. The summed E-state index contributed by atoms with van der Waals surface area (Å²) in [4.78, 5) is 22.7. The zero-order valence-electron chi connectivity index (χ0n) is 14.2. The number of hydrogen-bond acceptors (Lipinski definition) is 4. The molecule has 1 aliphatic rings. The molecule has 0 unspecified atom stereocenters. The van der Waals surface area contributed by atoms with Crippen LogP contribution in [0.25, 0.3) is 6.08 Å². The van der Waals surface area contributed by atoms with E-state index >= 15 is 0 Å². The third kappa shape index (κ3) is 6.39. The quantitative estimate of drug-likeness (QED) is 0.220. The number of Topliss-reactive ketones (excluding diaryl/α,β-unsaturated/α-hetero) is 1. The number of cyclic esters (lactones) is 1. The molecule has 0 aromatic heterocycles. The first kappa shape index (κ1) is 19.3. The normalized spacial score (nSPS) is 16.5. The van der Waals surface area contributed by atoms with Gasteiger partial charge < -0.3 is 9.84 Å². The topological polar surface area (TPSA) is 63.6 Å². The highest BCUT2D eigenvalue weighted by atomic mass is 35.5. The van der Waals surface area contributed by atoms with E-state index in [0.29, 0.717) is 6.42 Å². The van der Waals surface area contributed by atoms with Crippen LogP contribution in [0.5, 0.6) is 0 Å². The van der Waals surface area contributed by atoms with Gasteiger partial charge in [-0.1, -0.05) is 55.1 Å². The molecular weight excluding hydrogens is 340 g/mol. The van der Waals surface area contributed by atoms with Crippen molar-refractivity contribution in [3.8, 4) is 0 Å². The summed E-state index contributed by atoms with van der Waals surface area (Å²) in [6.07, 6.45) is 10.7. The third-order valence-corrected chi connectivity index (χ3v) is 4.32. The fourth-order valence-corrected chi connectivity index (χ4v) is 2.80. The van der Waals surface area contributed by atoms with Crippen LogP contribution >= 0.6 is 11.6 Å². The van der Waals surface area contributed by atoms with Gasteiger partial charge in [0.05, 0.1) is 0 Å². The number of halogens is 1. The zero-order valence-corrected chi connectivity index (χ0v) is 14.9. The maximum atomic E-state index is 11.4. The maximum Gasteiger partial charge on any atom is 0.345 e. The van der Waals surface area contributed by atoms with Crippen LogP contribution in [0.3, 0.4) is 0 Å². The standard InChI is InChI=1S/C20H23ClO4/c21-16-12-10-15(11-13-16)8-6-4-2-1-3-5-7-9-17(22)19-18(23)14-25-20(19)24/h6,8,10-13,22H,1-5,7,9,14H2/b8-6+,19-17?. The van der Waals surface area contributed by atoms with Gasteiger partial charge in [-0.15, -0.1) is 0 Å². The number of rotatable bonds is 9. The van der Waals surface area contributed by atoms with E-state index in [1.807, 2.05) is 24.3 Å². The van der Waals surface area contributed by atoms with Gasteiger partial charge in [0.2, 0.25) is 5.78 Å². The summed E-state index contributed by atoms with van der Waals surface area (Å²) in [6, 6.07) is 7.74. The monoisotopic (exact) mass is 362 g/mol. The van der Waals surface area contributed by atoms with Gasteiger partial charge in [0.15, 0.2) is 6.61 Å². The molecule has 0 radical (unpaired) electrons. The molecule has 134 valence electrons. The van der Waals surface area contributed by atoms with Crippen LogP contribution in [0.4, 0.5) is 0 Å². The lowest BCUT2D eigenvalue weighted by molar-refractivity contribution is -0.135. The molecule has 0 aliphatic carbocycles. The summed E-state index contributed by atoms with van der Waals surface area (Å²) in [5.41, 5.74) is 0.986. The summed E-state index contributed by atoms with van der Waals surface area (Å²) in [6.45, 7) is -0.248. The van der Waals surface area contributed by atoms with Gasteiger partial charge in [0.1, 0.15) is 11.3 Å². The van der Waals surface area contributed by atoms with Crippen molar-refractivity contribution in [2.75, 3.05) is 6.61 Å². The molecule has 0 bridgehead atoms. The molecule has 0 spiro atoms. The molecule has 1 aliphatic heterocycles. The Morgan fingerprint density at radius 1 is 1.08 bits per heavy atom. The molecule has 1 saturated heterocycles. The Hall–Kier alpha value is -2.07. The molecule has 5 heteroatoms. The number of esters is 1. The number of aliphatic hydroxyl groups is 1. The van der Waals surface area contributed by atoms with E-state index in [2.05, 4.69) is 16.9 Å². The second-order valence-corrected chi connectivity index (χ2v) is 6.52. The number of unbranched alkanes of at least 4 members (excludes halogenated alkanes) is 5. The fraction of sp³-hybridized carbons (Fsp3) is 0.400. The lowest BCUT2D eigenvalue weighted by Crippen LogP contribution is -2.05. The van der Waals surface area contributed by atoms with Gasteiger partial charge in [0.25, 0.3) is 0 Å². The molecule has 1 aromatic rings.